The fourth-order valence-corrected chi connectivity index (χ4v) is 2.88. The first-order valence-electron chi connectivity index (χ1n) is 5.55. The molecule has 0 saturated carbocycles. The average Bonchev–Trinajstić information content (AvgIpc) is 2.66. The van der Waals surface area contributed by atoms with Gasteiger partial charge < -0.3 is 10.6 Å². The Labute approximate surface area is 94.7 Å². The van der Waals surface area contributed by atoms with Crippen LogP contribution < -0.4 is 10.6 Å². The highest BCUT2D eigenvalue weighted by Crippen LogP contribution is 2.25. The molecule has 0 aliphatic carbocycles. The summed E-state index contributed by atoms with van der Waals surface area (Å²) in [4.78, 5) is 6.85. The summed E-state index contributed by atoms with van der Waals surface area (Å²) < 4.78 is 4.32. The number of hydrogen-bond acceptors (Lipinski definition) is 5. The first kappa shape index (κ1) is 10.8. The number of aromatic nitrogens is 2. The van der Waals surface area contributed by atoms with Gasteiger partial charge in [0, 0.05) is 36.6 Å². The van der Waals surface area contributed by atoms with Crippen molar-refractivity contribution in [3.63, 3.8) is 0 Å². The van der Waals surface area contributed by atoms with Gasteiger partial charge in [-0.2, -0.15) is 4.37 Å². The number of aryl methyl sites for hydroxylation is 1. The Morgan fingerprint density at radius 3 is 3.00 bits per heavy atom. The molecule has 15 heavy (non-hydrogen) atoms. The molecule has 2 unspecified atom stereocenters. The van der Waals surface area contributed by atoms with Crippen LogP contribution in [0.4, 0.5) is 5.13 Å². The van der Waals surface area contributed by atoms with E-state index in [9.17, 15) is 0 Å². The number of hydrogen-bond donors (Lipinski definition) is 1. The molecule has 1 aliphatic heterocycles. The van der Waals surface area contributed by atoms with Gasteiger partial charge in [0.25, 0.3) is 0 Å². The molecule has 2 N–H and O–H groups in total. The third-order valence-electron chi connectivity index (χ3n) is 2.94. The van der Waals surface area contributed by atoms with Crippen molar-refractivity contribution < 1.29 is 0 Å². The summed E-state index contributed by atoms with van der Waals surface area (Å²) in [6.45, 7) is 5.31. The third-order valence-corrected chi connectivity index (χ3v) is 3.73. The Morgan fingerprint density at radius 2 is 2.40 bits per heavy atom. The molecule has 1 aromatic rings. The lowest BCUT2D eigenvalue weighted by atomic mass is 10.00. The minimum atomic E-state index is 0.356. The van der Waals surface area contributed by atoms with Crippen molar-refractivity contribution in [2.75, 3.05) is 11.4 Å². The molecule has 1 saturated heterocycles. The molecular weight excluding hydrogens is 208 g/mol. The van der Waals surface area contributed by atoms with E-state index in [1.807, 2.05) is 0 Å². The molecule has 0 spiro atoms. The van der Waals surface area contributed by atoms with Crippen molar-refractivity contribution in [2.24, 2.45) is 5.73 Å². The zero-order valence-electron chi connectivity index (χ0n) is 9.31. The normalized spacial score (nSPS) is 27.0. The largest absolute Gasteiger partial charge is 0.344 e. The summed E-state index contributed by atoms with van der Waals surface area (Å²) in [6.07, 6.45) is 3.03. The second-order valence-corrected chi connectivity index (χ2v) is 4.90. The molecule has 2 atom stereocenters. The van der Waals surface area contributed by atoms with E-state index in [4.69, 9.17) is 5.73 Å². The summed E-state index contributed by atoms with van der Waals surface area (Å²) in [5.41, 5.74) is 5.94. The van der Waals surface area contributed by atoms with Crippen molar-refractivity contribution in [3.8, 4) is 0 Å². The van der Waals surface area contributed by atoms with E-state index in [-0.39, 0.29) is 0 Å². The van der Waals surface area contributed by atoms with Crippen molar-refractivity contribution >= 4 is 16.7 Å². The molecule has 4 nitrogen and oxygen atoms in total. The van der Waals surface area contributed by atoms with Crippen LogP contribution in [0.15, 0.2) is 0 Å². The van der Waals surface area contributed by atoms with Crippen LogP contribution in [-0.2, 0) is 6.42 Å². The molecule has 5 heteroatoms. The molecule has 1 aliphatic rings. The fourth-order valence-electron chi connectivity index (χ4n) is 2.00. The highest BCUT2D eigenvalue weighted by atomic mass is 32.1. The van der Waals surface area contributed by atoms with Crippen LogP contribution in [0.5, 0.6) is 0 Å². The van der Waals surface area contributed by atoms with E-state index in [1.54, 1.807) is 0 Å². The maximum absolute atomic E-state index is 5.94. The van der Waals surface area contributed by atoms with Gasteiger partial charge in [0.15, 0.2) is 0 Å². The number of nitrogens with two attached hydrogens (primary N) is 1. The zero-order valence-corrected chi connectivity index (χ0v) is 10.1. The Balaban J connectivity index is 2.09. The summed E-state index contributed by atoms with van der Waals surface area (Å²) in [7, 11) is 0. The lowest BCUT2D eigenvalue weighted by Crippen LogP contribution is -2.45. The number of nitrogens with zero attached hydrogens (tertiary/aromatic N) is 3. The van der Waals surface area contributed by atoms with Gasteiger partial charge >= 0.3 is 0 Å². The van der Waals surface area contributed by atoms with Gasteiger partial charge in [0.05, 0.1) is 0 Å². The Hall–Kier alpha value is -0.680. The van der Waals surface area contributed by atoms with Crippen LogP contribution in [-0.4, -0.2) is 28.0 Å². The van der Waals surface area contributed by atoms with E-state index < -0.39 is 0 Å². The summed E-state index contributed by atoms with van der Waals surface area (Å²) in [6, 6.07) is 0.848. The van der Waals surface area contributed by atoms with E-state index in [2.05, 4.69) is 28.1 Å². The standard InChI is InChI=1S/C10H18N4S/c1-3-9-12-10(15-13-9)14-5-4-8(11)6-7(14)2/h7-8H,3-6,11H2,1-2H3. The second kappa shape index (κ2) is 4.45. The van der Waals surface area contributed by atoms with Crippen LogP contribution in [0.25, 0.3) is 0 Å². The van der Waals surface area contributed by atoms with Crippen molar-refractivity contribution in [2.45, 2.75) is 45.2 Å². The van der Waals surface area contributed by atoms with Gasteiger partial charge in [0.2, 0.25) is 5.13 Å². The third kappa shape index (κ3) is 2.29. The predicted octanol–water partition coefficient (Wildman–Crippen LogP) is 1.42. The maximum atomic E-state index is 5.94. The number of rotatable bonds is 2. The summed E-state index contributed by atoms with van der Waals surface area (Å²) in [5.74, 6) is 0.956. The molecule has 84 valence electrons. The molecule has 2 rings (SSSR count). The average molecular weight is 226 g/mol. The Bertz CT molecular complexity index is 325. The second-order valence-electron chi connectivity index (χ2n) is 4.17. The van der Waals surface area contributed by atoms with Crippen LogP contribution in [0.1, 0.15) is 32.5 Å². The number of piperidine rings is 1. The number of anilines is 1. The first-order chi connectivity index (χ1) is 7.20. The monoisotopic (exact) mass is 226 g/mol. The highest BCUT2D eigenvalue weighted by Gasteiger charge is 2.25. The quantitative estimate of drug-likeness (QED) is 0.828. The lowest BCUT2D eigenvalue weighted by molar-refractivity contribution is 0.429. The molecule has 1 fully saturated rings. The summed E-state index contributed by atoms with van der Waals surface area (Å²) in [5, 5.41) is 1.06. The van der Waals surface area contributed by atoms with Gasteiger partial charge in [-0.25, -0.2) is 4.98 Å². The minimum absolute atomic E-state index is 0.356. The van der Waals surface area contributed by atoms with Gasteiger partial charge in [-0.15, -0.1) is 0 Å². The van der Waals surface area contributed by atoms with E-state index in [0.717, 1.165) is 36.8 Å². The van der Waals surface area contributed by atoms with Crippen LogP contribution >= 0.6 is 11.5 Å². The van der Waals surface area contributed by atoms with Crippen molar-refractivity contribution in [1.29, 1.82) is 0 Å². The zero-order chi connectivity index (χ0) is 10.8. The van der Waals surface area contributed by atoms with E-state index >= 15 is 0 Å². The SMILES string of the molecule is CCc1nsc(N2CCC(N)CC2C)n1. The van der Waals surface area contributed by atoms with Gasteiger partial charge in [-0.1, -0.05) is 6.92 Å². The van der Waals surface area contributed by atoms with Crippen molar-refractivity contribution in [1.82, 2.24) is 9.36 Å². The van der Waals surface area contributed by atoms with Crippen molar-refractivity contribution in [3.05, 3.63) is 5.82 Å². The topological polar surface area (TPSA) is 55.0 Å². The lowest BCUT2D eigenvalue weighted by Gasteiger charge is -2.35. The molecule has 2 heterocycles. The predicted molar refractivity (Wildman–Crippen MR) is 63.3 cm³/mol. The van der Waals surface area contributed by atoms with Gasteiger partial charge in [-0.05, 0) is 19.8 Å². The maximum Gasteiger partial charge on any atom is 0.205 e. The molecule has 0 aromatic carbocycles. The van der Waals surface area contributed by atoms with Gasteiger partial charge in [0.1, 0.15) is 5.82 Å². The van der Waals surface area contributed by atoms with Crippen LogP contribution in [0.2, 0.25) is 0 Å². The van der Waals surface area contributed by atoms with Crippen LogP contribution in [0.3, 0.4) is 0 Å². The van der Waals surface area contributed by atoms with E-state index in [0.29, 0.717) is 12.1 Å². The minimum Gasteiger partial charge on any atom is -0.344 e. The molecular formula is C10H18N4S. The fraction of sp³-hybridized carbons (Fsp3) is 0.800. The highest BCUT2D eigenvalue weighted by molar-refractivity contribution is 7.09. The molecule has 0 amide bonds. The Kier molecular flexibility index (Phi) is 3.21. The Morgan fingerprint density at radius 1 is 1.60 bits per heavy atom. The molecule has 0 radical (unpaired) electrons. The molecule has 1 aromatic heterocycles. The van der Waals surface area contributed by atoms with Gasteiger partial charge in [-0.3, -0.25) is 0 Å². The smallest absolute Gasteiger partial charge is 0.205 e. The van der Waals surface area contributed by atoms with Crippen LogP contribution in [0, 0.1) is 0 Å². The first-order valence-corrected chi connectivity index (χ1v) is 6.33. The van der Waals surface area contributed by atoms with E-state index in [1.165, 1.54) is 11.5 Å². The molecule has 0 bridgehead atoms. The summed E-state index contributed by atoms with van der Waals surface area (Å²) >= 11 is 1.51.